The highest BCUT2D eigenvalue weighted by Crippen LogP contribution is 2.63. The van der Waals surface area contributed by atoms with E-state index in [2.05, 4.69) is 13.2 Å². The number of aliphatic hydroxyl groups excluding tert-OH is 1. The minimum absolute atomic E-state index is 0.0967. The summed E-state index contributed by atoms with van der Waals surface area (Å²) in [5.41, 5.74) is -1.92. The van der Waals surface area contributed by atoms with E-state index in [9.17, 15) is 19.5 Å². The quantitative estimate of drug-likeness (QED) is 0.271. The molecular formula is C25H38N2O6. The van der Waals surface area contributed by atoms with Gasteiger partial charge in [0.2, 0.25) is 11.8 Å². The van der Waals surface area contributed by atoms with E-state index in [-0.39, 0.29) is 37.6 Å². The van der Waals surface area contributed by atoms with Crippen molar-refractivity contribution in [2.45, 2.75) is 76.2 Å². The van der Waals surface area contributed by atoms with Gasteiger partial charge in [-0.3, -0.25) is 14.4 Å². The number of allylic oxidation sites excluding steroid dienone is 1. The molecule has 1 spiro atoms. The summed E-state index contributed by atoms with van der Waals surface area (Å²) in [5.74, 6) is -2.44. The molecule has 33 heavy (non-hydrogen) atoms. The van der Waals surface area contributed by atoms with Crippen LogP contribution in [0.25, 0.3) is 0 Å². The average Bonchev–Trinajstić information content (AvgIpc) is 3.33. The van der Waals surface area contributed by atoms with E-state index in [1.54, 1.807) is 17.1 Å². The van der Waals surface area contributed by atoms with Crippen LogP contribution in [0.3, 0.4) is 0 Å². The van der Waals surface area contributed by atoms with E-state index in [4.69, 9.17) is 9.47 Å². The molecule has 2 unspecified atom stereocenters. The SMILES string of the molecule is C=CCCCOC(=O)[C@@H]1[C@H]2C(=O)N(CCCO)C(C(=O)N(CC=C)C(C)C)C23CC[C@@]1(C)O3. The monoisotopic (exact) mass is 462 g/mol. The zero-order chi connectivity index (χ0) is 24.4. The lowest BCUT2D eigenvalue weighted by Gasteiger charge is -2.38. The third-order valence-corrected chi connectivity index (χ3v) is 7.35. The van der Waals surface area contributed by atoms with Crippen molar-refractivity contribution in [1.82, 2.24) is 9.80 Å². The van der Waals surface area contributed by atoms with Crippen molar-refractivity contribution in [2.24, 2.45) is 11.8 Å². The molecule has 184 valence electrons. The van der Waals surface area contributed by atoms with Gasteiger partial charge in [0.25, 0.3) is 0 Å². The number of esters is 1. The smallest absolute Gasteiger partial charge is 0.312 e. The van der Waals surface area contributed by atoms with E-state index in [1.165, 1.54) is 4.90 Å². The summed E-state index contributed by atoms with van der Waals surface area (Å²) >= 11 is 0. The molecule has 0 radical (unpaired) electrons. The van der Waals surface area contributed by atoms with Crippen LogP contribution in [0, 0.1) is 11.8 Å². The number of hydrogen-bond acceptors (Lipinski definition) is 6. The highest BCUT2D eigenvalue weighted by Gasteiger charge is 2.78. The lowest BCUT2D eigenvalue weighted by Crippen LogP contribution is -2.57. The van der Waals surface area contributed by atoms with Crippen LogP contribution in [0.15, 0.2) is 25.3 Å². The Morgan fingerprint density at radius 1 is 1.30 bits per heavy atom. The predicted molar refractivity (Wildman–Crippen MR) is 123 cm³/mol. The third kappa shape index (κ3) is 4.23. The molecule has 3 aliphatic heterocycles. The van der Waals surface area contributed by atoms with E-state index in [0.29, 0.717) is 32.2 Å². The number of ether oxygens (including phenoxy) is 2. The first-order valence-corrected chi connectivity index (χ1v) is 12.0. The number of likely N-dealkylation sites (tertiary alicyclic amines) is 1. The molecule has 3 aliphatic rings. The molecule has 1 N–H and O–H groups in total. The van der Waals surface area contributed by atoms with Gasteiger partial charge in [0.15, 0.2) is 0 Å². The number of unbranched alkanes of at least 4 members (excludes halogenated alkanes) is 1. The number of hydrogen-bond donors (Lipinski definition) is 1. The standard InChI is InChI=1S/C25H38N2O6/c1-6-8-9-16-32-23(31)19-18-21(29)27(14-10-15-28)20(22(30)26(13-7-2)17(3)4)25(18)12-11-24(19,5)33-25/h6-7,17-20,28H,1-2,8-16H2,3-5H3/t18-,19-,20?,24+,25?/m0/s1. The summed E-state index contributed by atoms with van der Waals surface area (Å²) in [6.07, 6.45) is 6.27. The van der Waals surface area contributed by atoms with Crippen molar-refractivity contribution in [1.29, 1.82) is 0 Å². The molecule has 3 fully saturated rings. The molecule has 0 saturated carbocycles. The summed E-state index contributed by atoms with van der Waals surface area (Å²) in [4.78, 5) is 44.0. The molecule has 8 heteroatoms. The molecular weight excluding hydrogens is 424 g/mol. The molecule has 3 rings (SSSR count). The molecule has 8 nitrogen and oxygen atoms in total. The number of aliphatic hydroxyl groups is 1. The van der Waals surface area contributed by atoms with Crippen molar-refractivity contribution in [3.8, 4) is 0 Å². The molecule has 2 bridgehead atoms. The Hall–Kier alpha value is -2.19. The third-order valence-electron chi connectivity index (χ3n) is 7.35. The van der Waals surface area contributed by atoms with Gasteiger partial charge in [0.05, 0.1) is 18.1 Å². The van der Waals surface area contributed by atoms with Crippen molar-refractivity contribution >= 4 is 17.8 Å². The van der Waals surface area contributed by atoms with Crippen molar-refractivity contribution in [3.05, 3.63) is 25.3 Å². The van der Waals surface area contributed by atoms with E-state index < -0.39 is 35.0 Å². The maximum Gasteiger partial charge on any atom is 0.312 e. The lowest BCUT2D eigenvalue weighted by atomic mass is 9.66. The summed E-state index contributed by atoms with van der Waals surface area (Å²) in [5, 5.41) is 9.42. The van der Waals surface area contributed by atoms with E-state index in [0.717, 1.165) is 6.42 Å². The van der Waals surface area contributed by atoms with Gasteiger partial charge >= 0.3 is 5.97 Å². The van der Waals surface area contributed by atoms with Gasteiger partial charge in [0.1, 0.15) is 17.6 Å². The molecule has 0 aliphatic carbocycles. The molecule has 3 heterocycles. The average molecular weight is 463 g/mol. The number of carbonyl (C=O) groups is 3. The maximum absolute atomic E-state index is 13.9. The Labute approximate surface area is 196 Å². The van der Waals surface area contributed by atoms with Crippen LogP contribution in [0.4, 0.5) is 0 Å². The van der Waals surface area contributed by atoms with E-state index in [1.807, 2.05) is 20.8 Å². The Morgan fingerprint density at radius 2 is 2.03 bits per heavy atom. The summed E-state index contributed by atoms with van der Waals surface area (Å²) < 4.78 is 12.1. The second-order valence-corrected chi connectivity index (χ2v) is 9.81. The van der Waals surface area contributed by atoms with Gasteiger partial charge < -0.3 is 24.4 Å². The number of fused-ring (bicyclic) bond motifs is 1. The first-order chi connectivity index (χ1) is 15.7. The predicted octanol–water partition coefficient (Wildman–Crippen LogP) is 2.07. The van der Waals surface area contributed by atoms with Crippen LogP contribution < -0.4 is 0 Å². The minimum Gasteiger partial charge on any atom is -0.465 e. The molecule has 5 atom stereocenters. The zero-order valence-electron chi connectivity index (χ0n) is 20.1. The number of rotatable bonds is 12. The van der Waals surface area contributed by atoms with Gasteiger partial charge in [-0.2, -0.15) is 0 Å². The Kier molecular flexibility index (Phi) is 7.69. The normalized spacial score (nSPS) is 32.2. The molecule has 0 aromatic carbocycles. The fourth-order valence-corrected chi connectivity index (χ4v) is 5.89. The molecule has 0 aromatic rings. The van der Waals surface area contributed by atoms with Crippen LogP contribution in [-0.4, -0.2) is 82.3 Å². The number of nitrogens with zero attached hydrogens (tertiary/aromatic N) is 2. The Bertz CT molecular complexity index is 798. The van der Waals surface area contributed by atoms with Gasteiger partial charge in [-0.05, 0) is 52.9 Å². The number of amides is 2. The van der Waals surface area contributed by atoms with E-state index >= 15 is 0 Å². The van der Waals surface area contributed by atoms with Crippen molar-refractivity contribution < 1.29 is 29.0 Å². The summed E-state index contributed by atoms with van der Waals surface area (Å²) in [7, 11) is 0. The van der Waals surface area contributed by atoms with Crippen molar-refractivity contribution in [2.75, 3.05) is 26.3 Å². The second-order valence-electron chi connectivity index (χ2n) is 9.81. The van der Waals surface area contributed by atoms with Crippen LogP contribution in [0.5, 0.6) is 0 Å². The van der Waals surface area contributed by atoms with Gasteiger partial charge in [-0.1, -0.05) is 12.2 Å². The topological polar surface area (TPSA) is 96.4 Å². The largest absolute Gasteiger partial charge is 0.465 e. The van der Waals surface area contributed by atoms with Crippen LogP contribution >= 0.6 is 0 Å². The zero-order valence-corrected chi connectivity index (χ0v) is 20.1. The lowest BCUT2D eigenvalue weighted by molar-refractivity contribution is -0.160. The van der Waals surface area contributed by atoms with Gasteiger partial charge in [0, 0.05) is 25.7 Å². The highest BCUT2D eigenvalue weighted by molar-refractivity contribution is 5.98. The Morgan fingerprint density at radius 3 is 2.64 bits per heavy atom. The minimum atomic E-state index is -1.07. The van der Waals surface area contributed by atoms with Crippen molar-refractivity contribution in [3.63, 3.8) is 0 Å². The Balaban J connectivity index is 1.97. The first-order valence-electron chi connectivity index (χ1n) is 12.0. The van der Waals surface area contributed by atoms with Crippen LogP contribution in [0.1, 0.15) is 52.9 Å². The summed E-state index contributed by atoms with van der Waals surface area (Å²) in [6.45, 7) is 13.9. The first kappa shape index (κ1) is 25.4. The molecule has 3 saturated heterocycles. The van der Waals surface area contributed by atoms with Gasteiger partial charge in [-0.15, -0.1) is 13.2 Å². The second kappa shape index (κ2) is 9.97. The molecule has 0 aromatic heterocycles. The van der Waals surface area contributed by atoms with Crippen LogP contribution in [-0.2, 0) is 23.9 Å². The maximum atomic E-state index is 13.9. The summed E-state index contributed by atoms with van der Waals surface area (Å²) in [6, 6.07) is -0.940. The molecule has 2 amide bonds. The van der Waals surface area contributed by atoms with Crippen LogP contribution in [0.2, 0.25) is 0 Å². The number of carbonyl (C=O) groups excluding carboxylic acids is 3. The van der Waals surface area contributed by atoms with Gasteiger partial charge in [-0.25, -0.2) is 0 Å². The highest BCUT2D eigenvalue weighted by atomic mass is 16.6. The fraction of sp³-hybridized carbons (Fsp3) is 0.720. The fourth-order valence-electron chi connectivity index (χ4n) is 5.89.